The lowest BCUT2D eigenvalue weighted by Crippen LogP contribution is -2.45. The summed E-state index contributed by atoms with van der Waals surface area (Å²) in [6, 6.07) is 14.7. The van der Waals surface area contributed by atoms with Gasteiger partial charge in [0.2, 0.25) is 5.91 Å². The second kappa shape index (κ2) is 8.91. The average molecular weight is 457 g/mol. The standard InChI is InChI=1S/C23H28N4O4S/c1-25-20-9-8-19(14-21(20)26(2)23(25)29)32(30,31)16-22(28)24-18-10-12-27(13-11-18)15-17-6-4-3-5-7-17/h3-9,14,18H,10-13,15-16H2,1-2H3,(H,24,28). The van der Waals surface area contributed by atoms with Gasteiger partial charge >= 0.3 is 5.69 Å². The molecule has 0 bridgehead atoms. The van der Waals surface area contributed by atoms with Crippen molar-refractivity contribution in [2.24, 2.45) is 14.1 Å². The van der Waals surface area contributed by atoms with E-state index in [1.807, 2.05) is 18.2 Å². The quantitative estimate of drug-likeness (QED) is 0.606. The maximum absolute atomic E-state index is 12.8. The van der Waals surface area contributed by atoms with Gasteiger partial charge in [-0.25, -0.2) is 13.2 Å². The van der Waals surface area contributed by atoms with Crippen LogP contribution in [0.4, 0.5) is 0 Å². The van der Waals surface area contributed by atoms with Gasteiger partial charge in [0, 0.05) is 39.8 Å². The van der Waals surface area contributed by atoms with E-state index in [1.54, 1.807) is 20.2 Å². The molecular weight excluding hydrogens is 428 g/mol. The Morgan fingerprint density at radius 3 is 2.34 bits per heavy atom. The van der Waals surface area contributed by atoms with Gasteiger partial charge < -0.3 is 5.32 Å². The Balaban J connectivity index is 1.35. The average Bonchev–Trinajstić information content (AvgIpc) is 2.99. The molecule has 0 atom stereocenters. The number of hydrogen-bond acceptors (Lipinski definition) is 5. The number of likely N-dealkylation sites (tertiary alicyclic amines) is 1. The Morgan fingerprint density at radius 1 is 1.00 bits per heavy atom. The van der Waals surface area contributed by atoms with Crippen molar-refractivity contribution in [3.05, 3.63) is 64.6 Å². The third-order valence-corrected chi connectivity index (χ3v) is 7.74. The molecule has 2 aromatic carbocycles. The second-order valence-electron chi connectivity index (χ2n) is 8.41. The molecule has 0 spiro atoms. The largest absolute Gasteiger partial charge is 0.352 e. The Labute approximate surface area is 187 Å². The summed E-state index contributed by atoms with van der Waals surface area (Å²) in [4.78, 5) is 27.0. The summed E-state index contributed by atoms with van der Waals surface area (Å²) in [5.41, 5.74) is 2.19. The fraction of sp³-hybridized carbons (Fsp3) is 0.391. The molecule has 9 heteroatoms. The predicted octanol–water partition coefficient (Wildman–Crippen LogP) is 1.43. The summed E-state index contributed by atoms with van der Waals surface area (Å²) in [5, 5.41) is 2.89. The molecule has 1 amide bonds. The molecule has 1 fully saturated rings. The number of piperidine rings is 1. The normalized spacial score (nSPS) is 15.8. The summed E-state index contributed by atoms with van der Waals surface area (Å²) >= 11 is 0. The van der Waals surface area contributed by atoms with Crippen molar-refractivity contribution in [2.75, 3.05) is 18.8 Å². The maximum Gasteiger partial charge on any atom is 0.328 e. The second-order valence-corrected chi connectivity index (χ2v) is 10.4. The highest BCUT2D eigenvalue weighted by molar-refractivity contribution is 7.92. The highest BCUT2D eigenvalue weighted by Gasteiger charge is 2.25. The first-order valence-electron chi connectivity index (χ1n) is 10.7. The number of fused-ring (bicyclic) bond motifs is 1. The smallest absolute Gasteiger partial charge is 0.328 e. The number of nitrogens with zero attached hydrogens (tertiary/aromatic N) is 3. The predicted molar refractivity (Wildman–Crippen MR) is 123 cm³/mol. The summed E-state index contributed by atoms with van der Waals surface area (Å²) in [6.45, 7) is 2.58. The van der Waals surface area contributed by atoms with Crippen molar-refractivity contribution < 1.29 is 13.2 Å². The Bertz CT molecular complexity index is 1290. The number of imidazole rings is 1. The van der Waals surface area contributed by atoms with Gasteiger partial charge in [0.1, 0.15) is 5.75 Å². The summed E-state index contributed by atoms with van der Waals surface area (Å²) in [6.07, 6.45) is 1.58. The Morgan fingerprint density at radius 2 is 1.66 bits per heavy atom. The molecule has 1 aromatic heterocycles. The van der Waals surface area contributed by atoms with Crippen LogP contribution >= 0.6 is 0 Å². The number of aryl methyl sites for hydroxylation is 2. The van der Waals surface area contributed by atoms with Crippen molar-refractivity contribution in [3.63, 3.8) is 0 Å². The number of benzene rings is 2. The van der Waals surface area contributed by atoms with Crippen LogP contribution in [0.15, 0.2) is 58.2 Å². The molecule has 3 aromatic rings. The van der Waals surface area contributed by atoms with E-state index in [9.17, 15) is 18.0 Å². The fourth-order valence-corrected chi connectivity index (χ4v) is 5.44. The number of aromatic nitrogens is 2. The molecular formula is C23H28N4O4S. The fourth-order valence-electron chi connectivity index (χ4n) is 4.28. The molecule has 1 N–H and O–H groups in total. The molecule has 0 saturated carbocycles. The zero-order valence-corrected chi connectivity index (χ0v) is 19.1. The molecule has 1 saturated heterocycles. The van der Waals surface area contributed by atoms with Gasteiger partial charge in [-0.3, -0.25) is 18.8 Å². The molecule has 170 valence electrons. The molecule has 1 aliphatic rings. The zero-order chi connectivity index (χ0) is 22.9. The minimum atomic E-state index is -3.82. The topological polar surface area (TPSA) is 93.4 Å². The van der Waals surface area contributed by atoms with E-state index in [2.05, 4.69) is 22.3 Å². The van der Waals surface area contributed by atoms with Crippen LogP contribution in [-0.2, 0) is 35.3 Å². The number of carbonyl (C=O) groups excluding carboxylic acids is 1. The lowest BCUT2D eigenvalue weighted by molar-refractivity contribution is -0.119. The van der Waals surface area contributed by atoms with Crippen LogP contribution < -0.4 is 11.0 Å². The number of hydrogen-bond donors (Lipinski definition) is 1. The molecule has 8 nitrogen and oxygen atoms in total. The number of amides is 1. The lowest BCUT2D eigenvalue weighted by atomic mass is 10.0. The maximum atomic E-state index is 12.8. The third kappa shape index (κ3) is 4.63. The van der Waals surface area contributed by atoms with Crippen LogP contribution in [-0.4, -0.2) is 53.2 Å². The van der Waals surface area contributed by atoms with Crippen molar-refractivity contribution >= 4 is 26.8 Å². The molecule has 32 heavy (non-hydrogen) atoms. The summed E-state index contributed by atoms with van der Waals surface area (Å²) in [7, 11) is -0.589. The first-order valence-corrected chi connectivity index (χ1v) is 12.3. The van der Waals surface area contributed by atoms with E-state index in [1.165, 1.54) is 26.8 Å². The van der Waals surface area contributed by atoms with Gasteiger partial charge in [-0.2, -0.15) is 0 Å². The molecule has 0 radical (unpaired) electrons. The monoisotopic (exact) mass is 456 g/mol. The van der Waals surface area contributed by atoms with Crippen LogP contribution in [0.1, 0.15) is 18.4 Å². The van der Waals surface area contributed by atoms with Crippen LogP contribution in [0.2, 0.25) is 0 Å². The highest BCUT2D eigenvalue weighted by Crippen LogP contribution is 2.19. The Hall–Kier alpha value is -2.91. The van der Waals surface area contributed by atoms with E-state index < -0.39 is 21.5 Å². The summed E-state index contributed by atoms with van der Waals surface area (Å²) in [5.74, 6) is -1.10. The zero-order valence-electron chi connectivity index (χ0n) is 18.3. The number of nitrogens with one attached hydrogen (secondary N) is 1. The Kier molecular flexibility index (Phi) is 6.21. The van der Waals surface area contributed by atoms with Gasteiger partial charge in [-0.1, -0.05) is 30.3 Å². The molecule has 0 unspecified atom stereocenters. The van der Waals surface area contributed by atoms with Gasteiger partial charge in [0.05, 0.1) is 15.9 Å². The van der Waals surface area contributed by atoms with E-state index in [4.69, 9.17) is 0 Å². The molecule has 4 rings (SSSR count). The number of rotatable bonds is 6. The SMILES string of the molecule is Cn1c(=O)n(C)c2cc(S(=O)(=O)CC(=O)NC3CCN(Cc4ccccc4)CC3)ccc21. The van der Waals surface area contributed by atoms with Crippen molar-refractivity contribution in [2.45, 2.75) is 30.3 Å². The van der Waals surface area contributed by atoms with Gasteiger partial charge in [0.25, 0.3) is 0 Å². The van der Waals surface area contributed by atoms with Gasteiger partial charge in [0.15, 0.2) is 9.84 Å². The minimum absolute atomic E-state index is 0.0258. The number of carbonyl (C=O) groups is 1. The van der Waals surface area contributed by atoms with Crippen molar-refractivity contribution in [3.8, 4) is 0 Å². The van der Waals surface area contributed by atoms with Crippen molar-refractivity contribution in [1.82, 2.24) is 19.4 Å². The van der Waals surface area contributed by atoms with Crippen LogP contribution in [0, 0.1) is 0 Å². The van der Waals surface area contributed by atoms with Crippen molar-refractivity contribution in [1.29, 1.82) is 0 Å². The van der Waals surface area contributed by atoms with Crippen LogP contribution in [0.3, 0.4) is 0 Å². The molecule has 2 heterocycles. The highest BCUT2D eigenvalue weighted by atomic mass is 32.2. The van der Waals surface area contributed by atoms with Gasteiger partial charge in [-0.15, -0.1) is 0 Å². The van der Waals surface area contributed by atoms with E-state index >= 15 is 0 Å². The van der Waals surface area contributed by atoms with E-state index in [0.29, 0.717) is 11.0 Å². The number of sulfone groups is 1. The van der Waals surface area contributed by atoms with Crippen LogP contribution in [0.25, 0.3) is 11.0 Å². The molecule has 1 aliphatic heterocycles. The lowest BCUT2D eigenvalue weighted by Gasteiger charge is -2.32. The van der Waals surface area contributed by atoms with E-state index in [0.717, 1.165) is 32.5 Å². The van der Waals surface area contributed by atoms with Gasteiger partial charge in [-0.05, 0) is 36.6 Å². The third-order valence-electron chi connectivity index (χ3n) is 6.13. The first kappa shape index (κ1) is 22.3. The summed E-state index contributed by atoms with van der Waals surface area (Å²) < 4.78 is 28.5. The molecule has 0 aliphatic carbocycles. The van der Waals surface area contributed by atoms with E-state index in [-0.39, 0.29) is 16.6 Å². The minimum Gasteiger partial charge on any atom is -0.352 e. The van der Waals surface area contributed by atoms with Crippen LogP contribution in [0.5, 0.6) is 0 Å². The first-order chi connectivity index (χ1) is 15.2.